The SMILES string of the molecule is CN(CC(=O)O)C1CCN(CCC(=O)NC2CCCc3ccccc32)CC1. The van der Waals surface area contributed by atoms with Crippen LogP contribution in [-0.2, 0) is 16.0 Å². The molecule has 1 heterocycles. The van der Waals surface area contributed by atoms with Crippen LogP contribution in [0.25, 0.3) is 0 Å². The first kappa shape index (κ1) is 19.8. The first-order valence-electron chi connectivity index (χ1n) is 10.0. The maximum Gasteiger partial charge on any atom is 0.317 e. The van der Waals surface area contributed by atoms with Crippen molar-refractivity contribution in [3.63, 3.8) is 0 Å². The average Bonchev–Trinajstić information content (AvgIpc) is 2.66. The van der Waals surface area contributed by atoms with Gasteiger partial charge in [0, 0.05) is 19.0 Å². The second kappa shape index (κ2) is 9.33. The molecule has 1 unspecified atom stereocenters. The van der Waals surface area contributed by atoms with Gasteiger partial charge in [-0.15, -0.1) is 0 Å². The number of nitrogens with zero attached hydrogens (tertiary/aromatic N) is 2. The number of carbonyl (C=O) groups is 2. The zero-order valence-electron chi connectivity index (χ0n) is 16.2. The number of piperidine rings is 1. The van der Waals surface area contributed by atoms with E-state index in [2.05, 4.69) is 34.5 Å². The van der Waals surface area contributed by atoms with Gasteiger partial charge in [-0.3, -0.25) is 14.5 Å². The summed E-state index contributed by atoms with van der Waals surface area (Å²) in [5.74, 6) is -0.650. The van der Waals surface area contributed by atoms with E-state index in [4.69, 9.17) is 5.11 Å². The lowest BCUT2D eigenvalue weighted by molar-refractivity contribution is -0.138. The highest BCUT2D eigenvalue weighted by Gasteiger charge is 2.25. The van der Waals surface area contributed by atoms with E-state index in [0.717, 1.165) is 51.7 Å². The minimum atomic E-state index is -0.777. The number of likely N-dealkylation sites (N-methyl/N-ethyl adjacent to an activating group) is 1. The highest BCUT2D eigenvalue weighted by molar-refractivity contribution is 5.76. The molecular formula is C21H31N3O3. The van der Waals surface area contributed by atoms with Crippen LogP contribution < -0.4 is 5.32 Å². The molecular weight excluding hydrogens is 342 g/mol. The van der Waals surface area contributed by atoms with Gasteiger partial charge in [-0.25, -0.2) is 0 Å². The van der Waals surface area contributed by atoms with Crippen molar-refractivity contribution < 1.29 is 14.7 Å². The van der Waals surface area contributed by atoms with E-state index in [1.807, 2.05) is 11.9 Å². The zero-order chi connectivity index (χ0) is 19.2. The molecule has 1 amide bonds. The van der Waals surface area contributed by atoms with Crippen LogP contribution in [0.5, 0.6) is 0 Å². The van der Waals surface area contributed by atoms with Crippen LogP contribution in [0.2, 0.25) is 0 Å². The number of rotatable bonds is 7. The third kappa shape index (κ3) is 5.53. The Balaban J connectivity index is 1.40. The summed E-state index contributed by atoms with van der Waals surface area (Å²) in [6, 6.07) is 8.90. The van der Waals surface area contributed by atoms with Crippen molar-refractivity contribution in [1.29, 1.82) is 0 Å². The van der Waals surface area contributed by atoms with Gasteiger partial charge in [0.1, 0.15) is 0 Å². The molecule has 2 N–H and O–H groups in total. The van der Waals surface area contributed by atoms with E-state index in [9.17, 15) is 9.59 Å². The molecule has 3 rings (SSSR count). The number of hydrogen-bond donors (Lipinski definition) is 2. The molecule has 2 aliphatic rings. The lowest BCUT2D eigenvalue weighted by Gasteiger charge is -2.36. The number of aryl methyl sites for hydroxylation is 1. The quantitative estimate of drug-likeness (QED) is 0.765. The number of carbonyl (C=O) groups excluding carboxylic acids is 1. The van der Waals surface area contributed by atoms with Crippen LogP contribution in [0, 0.1) is 0 Å². The number of fused-ring (bicyclic) bond motifs is 1. The summed E-state index contributed by atoms with van der Waals surface area (Å²) >= 11 is 0. The molecule has 0 spiro atoms. The second-order valence-corrected chi connectivity index (χ2v) is 7.84. The molecule has 1 aliphatic heterocycles. The largest absolute Gasteiger partial charge is 0.480 e. The van der Waals surface area contributed by atoms with E-state index < -0.39 is 5.97 Å². The van der Waals surface area contributed by atoms with E-state index in [1.165, 1.54) is 11.1 Å². The van der Waals surface area contributed by atoms with Gasteiger partial charge in [-0.05, 0) is 63.4 Å². The molecule has 1 aliphatic carbocycles. The Bertz CT molecular complexity index is 656. The molecule has 1 saturated heterocycles. The fourth-order valence-electron chi connectivity index (χ4n) is 4.36. The van der Waals surface area contributed by atoms with Gasteiger partial charge in [0.05, 0.1) is 12.6 Å². The van der Waals surface area contributed by atoms with Gasteiger partial charge in [0.25, 0.3) is 0 Å². The minimum Gasteiger partial charge on any atom is -0.480 e. The molecule has 0 bridgehead atoms. The molecule has 6 heteroatoms. The van der Waals surface area contributed by atoms with Crippen molar-refractivity contribution in [2.45, 2.75) is 50.6 Å². The molecule has 0 aromatic heterocycles. The first-order valence-corrected chi connectivity index (χ1v) is 10.0. The Kier molecular flexibility index (Phi) is 6.85. The fraction of sp³-hybridized carbons (Fsp3) is 0.619. The van der Waals surface area contributed by atoms with Crippen molar-refractivity contribution >= 4 is 11.9 Å². The molecule has 6 nitrogen and oxygen atoms in total. The molecule has 1 aromatic rings. The van der Waals surface area contributed by atoms with Gasteiger partial charge in [-0.1, -0.05) is 24.3 Å². The van der Waals surface area contributed by atoms with E-state index >= 15 is 0 Å². The summed E-state index contributed by atoms with van der Waals surface area (Å²) in [5.41, 5.74) is 2.64. The second-order valence-electron chi connectivity index (χ2n) is 7.84. The van der Waals surface area contributed by atoms with E-state index in [1.54, 1.807) is 0 Å². The summed E-state index contributed by atoms with van der Waals surface area (Å²) in [4.78, 5) is 27.5. The van der Waals surface area contributed by atoms with Crippen LogP contribution in [0.3, 0.4) is 0 Å². The Hall–Kier alpha value is -1.92. The van der Waals surface area contributed by atoms with Gasteiger partial charge in [0.2, 0.25) is 5.91 Å². The number of benzene rings is 1. The predicted molar refractivity (Wildman–Crippen MR) is 105 cm³/mol. The maximum absolute atomic E-state index is 12.4. The smallest absolute Gasteiger partial charge is 0.317 e. The van der Waals surface area contributed by atoms with E-state index in [-0.39, 0.29) is 18.5 Å². The molecule has 1 atom stereocenters. The summed E-state index contributed by atoms with van der Waals surface area (Å²) in [6.45, 7) is 2.72. The number of carboxylic acid groups (broad SMARTS) is 1. The molecule has 0 saturated carbocycles. The van der Waals surface area contributed by atoms with Crippen molar-refractivity contribution in [2.75, 3.05) is 33.2 Å². The monoisotopic (exact) mass is 373 g/mol. The van der Waals surface area contributed by atoms with Gasteiger partial charge < -0.3 is 15.3 Å². The van der Waals surface area contributed by atoms with E-state index in [0.29, 0.717) is 12.5 Å². The summed E-state index contributed by atoms with van der Waals surface area (Å²) in [6.07, 6.45) is 5.69. The van der Waals surface area contributed by atoms with Crippen LogP contribution in [0.1, 0.15) is 49.3 Å². The fourth-order valence-corrected chi connectivity index (χ4v) is 4.36. The Morgan fingerprint density at radius 2 is 1.96 bits per heavy atom. The number of nitrogens with one attached hydrogen (secondary N) is 1. The number of amides is 1. The minimum absolute atomic E-state index is 0.0932. The first-order chi connectivity index (χ1) is 13.0. The normalized spacial score (nSPS) is 21.0. The summed E-state index contributed by atoms with van der Waals surface area (Å²) < 4.78 is 0. The third-order valence-corrected chi connectivity index (χ3v) is 5.92. The van der Waals surface area contributed by atoms with Gasteiger partial charge in [-0.2, -0.15) is 0 Å². The molecule has 0 radical (unpaired) electrons. The lowest BCUT2D eigenvalue weighted by atomic mass is 9.87. The van der Waals surface area contributed by atoms with Crippen LogP contribution in [0.15, 0.2) is 24.3 Å². The Morgan fingerprint density at radius 3 is 2.70 bits per heavy atom. The molecule has 148 valence electrons. The maximum atomic E-state index is 12.4. The molecule has 1 fully saturated rings. The highest BCUT2D eigenvalue weighted by Crippen LogP contribution is 2.29. The number of aliphatic carboxylic acids is 1. The number of likely N-dealkylation sites (tertiary alicyclic amines) is 1. The Morgan fingerprint density at radius 1 is 1.22 bits per heavy atom. The van der Waals surface area contributed by atoms with Crippen LogP contribution in [-0.4, -0.2) is 66.1 Å². The standard InChI is InChI=1S/C21H31N3O3/c1-23(15-21(26)27)17-9-12-24(13-10-17)14-11-20(25)22-19-8-4-6-16-5-2-3-7-18(16)19/h2-3,5,7,17,19H,4,6,8-15H2,1H3,(H,22,25)(H,26,27). The zero-order valence-corrected chi connectivity index (χ0v) is 16.2. The predicted octanol–water partition coefficient (Wildman–Crippen LogP) is 2.05. The van der Waals surface area contributed by atoms with Gasteiger partial charge >= 0.3 is 5.97 Å². The number of carboxylic acids is 1. The van der Waals surface area contributed by atoms with Crippen molar-refractivity contribution in [2.24, 2.45) is 0 Å². The van der Waals surface area contributed by atoms with Crippen LogP contribution in [0.4, 0.5) is 0 Å². The van der Waals surface area contributed by atoms with Crippen LogP contribution >= 0.6 is 0 Å². The topological polar surface area (TPSA) is 72.9 Å². The van der Waals surface area contributed by atoms with Gasteiger partial charge in [0.15, 0.2) is 0 Å². The van der Waals surface area contributed by atoms with Crippen molar-refractivity contribution in [1.82, 2.24) is 15.1 Å². The lowest BCUT2D eigenvalue weighted by Crippen LogP contribution is -2.45. The van der Waals surface area contributed by atoms with Crippen molar-refractivity contribution in [3.8, 4) is 0 Å². The molecule has 27 heavy (non-hydrogen) atoms. The Labute approximate surface area is 161 Å². The highest BCUT2D eigenvalue weighted by atomic mass is 16.4. The number of hydrogen-bond acceptors (Lipinski definition) is 4. The average molecular weight is 373 g/mol. The summed E-state index contributed by atoms with van der Waals surface area (Å²) in [5, 5.41) is 12.1. The summed E-state index contributed by atoms with van der Waals surface area (Å²) in [7, 11) is 1.88. The third-order valence-electron chi connectivity index (χ3n) is 5.92. The molecule has 1 aromatic carbocycles. The van der Waals surface area contributed by atoms with Crippen molar-refractivity contribution in [3.05, 3.63) is 35.4 Å².